The number of fused-ring (bicyclic) bond motifs is 2. The van der Waals surface area contributed by atoms with Crippen LogP contribution in [0.3, 0.4) is 0 Å². The Bertz CT molecular complexity index is 980. The first-order valence-corrected chi connectivity index (χ1v) is 8.69. The van der Waals surface area contributed by atoms with Crippen LogP contribution in [0.25, 0.3) is 16.2 Å². The minimum absolute atomic E-state index is 0.212. The largest absolute Gasteiger partial charge is 0.289 e. The second-order valence-electron chi connectivity index (χ2n) is 6.35. The number of hydrogen-bond donors (Lipinski definition) is 0. The van der Waals surface area contributed by atoms with Crippen molar-refractivity contribution in [2.24, 2.45) is 13.0 Å². The van der Waals surface area contributed by atoms with Crippen molar-refractivity contribution >= 4 is 27.5 Å². The van der Waals surface area contributed by atoms with Crippen molar-refractivity contribution in [2.75, 3.05) is 0 Å². The number of aryl methyl sites for hydroxylation is 1. The summed E-state index contributed by atoms with van der Waals surface area (Å²) >= 11 is 1.73. The van der Waals surface area contributed by atoms with E-state index in [0.29, 0.717) is 5.92 Å². The fourth-order valence-electron chi connectivity index (χ4n) is 3.26. The zero-order valence-corrected chi connectivity index (χ0v) is 14.1. The van der Waals surface area contributed by atoms with Crippen molar-refractivity contribution in [3.63, 3.8) is 0 Å². The first-order chi connectivity index (χ1) is 11.1. The van der Waals surface area contributed by atoms with Crippen LogP contribution < -0.4 is 10.00 Å². The molecule has 0 spiro atoms. The number of benzene rings is 1. The molecule has 0 N–H and O–H groups in total. The molecule has 1 atom stereocenters. The Morgan fingerprint density at radius 3 is 2.96 bits per heavy atom. The standard InChI is InChI=1S/C19H19N2OS/c1-13-9-16-18(10-14(13)11-21-8-7-20(2)12-21)23-17-6-4-3-5-15(17)19(16)22/h3-8,10,12-13H,9,11H2,1-2H3/q+1. The molecule has 116 valence electrons. The average Bonchev–Trinajstić information content (AvgIpc) is 2.95. The maximum Gasteiger partial charge on any atom is 0.243 e. The van der Waals surface area contributed by atoms with Crippen molar-refractivity contribution in [2.45, 2.75) is 19.9 Å². The molecular formula is C19H19N2OS+. The van der Waals surface area contributed by atoms with Gasteiger partial charge in [0.2, 0.25) is 6.33 Å². The number of aromatic nitrogens is 2. The van der Waals surface area contributed by atoms with Crippen molar-refractivity contribution in [1.29, 1.82) is 0 Å². The minimum atomic E-state index is 0.212. The van der Waals surface area contributed by atoms with Crippen LogP contribution >= 0.6 is 11.3 Å². The van der Waals surface area contributed by atoms with E-state index in [2.05, 4.69) is 30.1 Å². The van der Waals surface area contributed by atoms with Crippen LogP contribution in [0.15, 0.2) is 53.4 Å². The Labute approximate surface area is 139 Å². The lowest BCUT2D eigenvalue weighted by Crippen LogP contribution is -2.34. The molecule has 0 radical (unpaired) electrons. The van der Waals surface area contributed by atoms with Crippen LogP contribution in [0.1, 0.15) is 17.4 Å². The van der Waals surface area contributed by atoms with Gasteiger partial charge in [0.15, 0.2) is 5.43 Å². The first-order valence-electron chi connectivity index (χ1n) is 7.88. The van der Waals surface area contributed by atoms with Crippen LogP contribution in [0.4, 0.5) is 0 Å². The summed E-state index contributed by atoms with van der Waals surface area (Å²) in [5.41, 5.74) is 2.59. The van der Waals surface area contributed by atoms with Crippen LogP contribution in [0.2, 0.25) is 0 Å². The molecule has 1 aliphatic carbocycles. The van der Waals surface area contributed by atoms with Crippen molar-refractivity contribution in [3.05, 3.63) is 69.2 Å². The molecule has 3 nitrogen and oxygen atoms in total. The zero-order valence-electron chi connectivity index (χ0n) is 13.3. The summed E-state index contributed by atoms with van der Waals surface area (Å²) in [6, 6.07) is 7.93. The molecule has 0 amide bonds. The van der Waals surface area contributed by atoms with E-state index in [4.69, 9.17) is 0 Å². The molecule has 0 aliphatic heterocycles. The maximum absolute atomic E-state index is 12.8. The van der Waals surface area contributed by atoms with Gasteiger partial charge in [0, 0.05) is 20.5 Å². The predicted molar refractivity (Wildman–Crippen MR) is 94.5 cm³/mol. The molecule has 1 aromatic carbocycles. The summed E-state index contributed by atoms with van der Waals surface area (Å²) in [5, 5.41) is 0.859. The van der Waals surface area contributed by atoms with Crippen molar-refractivity contribution in [1.82, 2.24) is 4.57 Å². The summed E-state index contributed by atoms with van der Waals surface area (Å²) in [7, 11) is 2.03. The number of nitrogens with zero attached hydrogens (tertiary/aromatic N) is 2. The lowest BCUT2D eigenvalue weighted by molar-refractivity contribution is -0.688. The number of imidazole rings is 1. The maximum atomic E-state index is 12.8. The van der Waals surface area contributed by atoms with E-state index in [1.54, 1.807) is 11.3 Å². The monoisotopic (exact) mass is 323 g/mol. The van der Waals surface area contributed by atoms with Gasteiger partial charge in [-0.15, -0.1) is 11.3 Å². The SMILES string of the molecule is CC1Cc2c(sc3ccccc3c2=O)C=C1C[n+]1ccn(C)c1. The van der Waals surface area contributed by atoms with Gasteiger partial charge in [0.05, 0.1) is 7.05 Å². The third-order valence-corrected chi connectivity index (χ3v) is 5.73. The number of rotatable bonds is 2. The Morgan fingerprint density at radius 1 is 1.35 bits per heavy atom. The summed E-state index contributed by atoms with van der Waals surface area (Å²) in [6.07, 6.45) is 9.31. The van der Waals surface area contributed by atoms with Gasteiger partial charge in [0.1, 0.15) is 18.9 Å². The summed E-state index contributed by atoms with van der Waals surface area (Å²) < 4.78 is 5.32. The molecule has 3 aromatic rings. The van der Waals surface area contributed by atoms with Gasteiger partial charge in [-0.1, -0.05) is 19.1 Å². The van der Waals surface area contributed by atoms with E-state index in [1.807, 2.05) is 42.1 Å². The van der Waals surface area contributed by atoms with Crippen molar-refractivity contribution < 1.29 is 4.57 Å². The van der Waals surface area contributed by atoms with Crippen LogP contribution in [-0.2, 0) is 20.0 Å². The van der Waals surface area contributed by atoms with Crippen LogP contribution in [0, 0.1) is 5.92 Å². The highest BCUT2D eigenvalue weighted by molar-refractivity contribution is 7.19. The second kappa shape index (κ2) is 5.46. The fraction of sp³-hybridized carbons (Fsp3) is 0.263. The second-order valence-corrected chi connectivity index (χ2v) is 7.43. The molecule has 4 heteroatoms. The summed E-state index contributed by atoms with van der Waals surface area (Å²) in [5.74, 6) is 0.399. The predicted octanol–water partition coefficient (Wildman–Crippen LogP) is 3.16. The molecule has 0 saturated heterocycles. The third-order valence-electron chi connectivity index (χ3n) is 4.57. The Kier molecular flexibility index (Phi) is 3.42. The molecule has 23 heavy (non-hydrogen) atoms. The van der Waals surface area contributed by atoms with Gasteiger partial charge in [-0.25, -0.2) is 9.13 Å². The van der Waals surface area contributed by atoms with E-state index >= 15 is 0 Å². The highest BCUT2D eigenvalue weighted by atomic mass is 32.1. The van der Waals surface area contributed by atoms with E-state index in [1.165, 1.54) is 5.57 Å². The van der Waals surface area contributed by atoms with E-state index in [-0.39, 0.29) is 5.43 Å². The molecule has 0 bridgehead atoms. The molecule has 1 aliphatic rings. The highest BCUT2D eigenvalue weighted by Gasteiger charge is 2.23. The molecular weight excluding hydrogens is 304 g/mol. The molecule has 1 unspecified atom stereocenters. The Hall–Kier alpha value is -2.20. The van der Waals surface area contributed by atoms with Gasteiger partial charge in [-0.3, -0.25) is 4.79 Å². The van der Waals surface area contributed by atoms with Gasteiger partial charge < -0.3 is 0 Å². The van der Waals surface area contributed by atoms with Crippen LogP contribution in [0.5, 0.6) is 0 Å². The smallest absolute Gasteiger partial charge is 0.243 e. The van der Waals surface area contributed by atoms with Gasteiger partial charge in [-0.2, -0.15) is 0 Å². The molecule has 4 rings (SSSR count). The lowest BCUT2D eigenvalue weighted by atomic mass is 9.87. The molecule has 2 aromatic heterocycles. The molecule has 0 saturated carbocycles. The molecule has 2 heterocycles. The summed E-state index contributed by atoms with van der Waals surface area (Å²) in [4.78, 5) is 13.9. The lowest BCUT2D eigenvalue weighted by Gasteiger charge is -2.21. The topological polar surface area (TPSA) is 25.9 Å². The zero-order chi connectivity index (χ0) is 16.0. The van der Waals surface area contributed by atoms with Crippen LogP contribution in [-0.4, -0.2) is 4.57 Å². The minimum Gasteiger partial charge on any atom is -0.289 e. The van der Waals surface area contributed by atoms with Gasteiger partial charge in [0.25, 0.3) is 0 Å². The quantitative estimate of drug-likeness (QED) is 0.665. The van der Waals surface area contributed by atoms with E-state index < -0.39 is 0 Å². The highest BCUT2D eigenvalue weighted by Crippen LogP contribution is 2.32. The average molecular weight is 323 g/mol. The Morgan fingerprint density at radius 2 is 2.17 bits per heavy atom. The normalized spacial score (nSPS) is 17.1. The first kappa shape index (κ1) is 14.4. The number of allylic oxidation sites excluding steroid dienone is 1. The van der Waals surface area contributed by atoms with Crippen molar-refractivity contribution in [3.8, 4) is 0 Å². The third kappa shape index (κ3) is 2.53. The fourth-order valence-corrected chi connectivity index (χ4v) is 4.43. The van der Waals surface area contributed by atoms with E-state index in [0.717, 1.165) is 33.5 Å². The van der Waals surface area contributed by atoms with E-state index in [9.17, 15) is 4.79 Å². The number of hydrogen-bond acceptors (Lipinski definition) is 2. The summed E-state index contributed by atoms with van der Waals surface area (Å²) in [6.45, 7) is 3.10. The molecule has 0 fully saturated rings. The van der Waals surface area contributed by atoms with Gasteiger partial charge >= 0.3 is 0 Å². The Balaban J connectivity index is 1.81. The van der Waals surface area contributed by atoms with Gasteiger partial charge in [-0.05, 0) is 36.1 Å².